The number of benzene rings is 2. The molecule has 0 saturated carbocycles. The summed E-state index contributed by atoms with van der Waals surface area (Å²) < 4.78 is 11.3. The highest BCUT2D eigenvalue weighted by Gasteiger charge is 2.09. The lowest BCUT2D eigenvalue weighted by molar-refractivity contribution is -0.118. The first kappa shape index (κ1) is 18.5. The van der Waals surface area contributed by atoms with E-state index in [0.29, 0.717) is 24.7 Å². The minimum atomic E-state index is -0.217. The fourth-order valence-corrected chi connectivity index (χ4v) is 2.23. The van der Waals surface area contributed by atoms with Gasteiger partial charge in [-0.05, 0) is 36.8 Å². The second-order valence-electron chi connectivity index (χ2n) is 5.34. The predicted octanol–water partition coefficient (Wildman–Crippen LogP) is 3.38. The van der Waals surface area contributed by atoms with Gasteiger partial charge in [-0.3, -0.25) is 4.79 Å². The minimum Gasteiger partial charge on any atom is -0.490 e. The molecular formula is C20H24N2O3. The lowest BCUT2D eigenvalue weighted by Gasteiger charge is -2.13. The Hall–Kier alpha value is -2.79. The molecule has 0 aliphatic heterocycles. The number of hydrogen-bond donors (Lipinski definition) is 2. The molecule has 0 fully saturated rings. The summed E-state index contributed by atoms with van der Waals surface area (Å²) in [7, 11) is 0. The molecule has 0 bridgehead atoms. The molecule has 0 radical (unpaired) electrons. The molecule has 0 aromatic heterocycles. The minimum absolute atomic E-state index is 0.0803. The van der Waals surface area contributed by atoms with Crippen LogP contribution >= 0.6 is 0 Å². The van der Waals surface area contributed by atoms with Crippen molar-refractivity contribution in [1.82, 2.24) is 5.32 Å². The summed E-state index contributed by atoms with van der Waals surface area (Å²) >= 11 is 0. The molecular weight excluding hydrogens is 316 g/mol. The van der Waals surface area contributed by atoms with Crippen LogP contribution in [0.5, 0.6) is 11.5 Å². The normalized spacial score (nSPS) is 10.1. The lowest BCUT2D eigenvalue weighted by Crippen LogP contribution is -2.20. The molecule has 2 aromatic carbocycles. The predicted molar refractivity (Wildman–Crippen MR) is 100 cm³/mol. The molecule has 0 unspecified atom stereocenters. The molecule has 0 saturated heterocycles. The average Bonchev–Trinajstić information content (AvgIpc) is 2.62. The first-order valence-corrected chi connectivity index (χ1v) is 8.28. The highest BCUT2D eigenvalue weighted by molar-refractivity contribution is 5.91. The highest BCUT2D eigenvalue weighted by atomic mass is 16.5. The maximum atomic E-state index is 12.0. The second kappa shape index (κ2) is 10.2. The number of hydrogen-bond acceptors (Lipinski definition) is 4. The Morgan fingerprint density at radius 2 is 1.92 bits per heavy atom. The lowest BCUT2D eigenvalue weighted by atomic mass is 10.2. The van der Waals surface area contributed by atoms with E-state index in [1.807, 2.05) is 61.5 Å². The monoisotopic (exact) mass is 340 g/mol. The summed E-state index contributed by atoms with van der Waals surface area (Å²) in [5.41, 5.74) is 1.82. The largest absolute Gasteiger partial charge is 0.490 e. The fourth-order valence-electron chi connectivity index (χ4n) is 2.23. The van der Waals surface area contributed by atoms with E-state index in [0.717, 1.165) is 17.8 Å². The van der Waals surface area contributed by atoms with Crippen molar-refractivity contribution in [1.29, 1.82) is 0 Å². The Bertz CT molecular complexity index is 687. The molecule has 2 rings (SSSR count). The van der Waals surface area contributed by atoms with Gasteiger partial charge in [-0.15, -0.1) is 6.58 Å². The van der Waals surface area contributed by atoms with Crippen molar-refractivity contribution in [3.8, 4) is 11.5 Å². The second-order valence-corrected chi connectivity index (χ2v) is 5.34. The number of carbonyl (C=O) groups is 1. The smallest absolute Gasteiger partial charge is 0.262 e. The van der Waals surface area contributed by atoms with Gasteiger partial charge in [-0.1, -0.05) is 30.3 Å². The van der Waals surface area contributed by atoms with Crippen LogP contribution < -0.4 is 20.1 Å². The standard InChI is InChI=1S/C20H24N2O3/c1-3-12-21-14-16-10-11-18(19(13-16)24-4-2)25-15-20(23)22-17-8-6-5-7-9-17/h3,5-11,13,21H,1,4,12,14-15H2,2H3,(H,22,23). The van der Waals surface area contributed by atoms with Gasteiger partial charge in [0.15, 0.2) is 18.1 Å². The Morgan fingerprint density at radius 1 is 1.12 bits per heavy atom. The van der Waals surface area contributed by atoms with E-state index in [9.17, 15) is 4.79 Å². The van der Waals surface area contributed by atoms with Gasteiger partial charge in [0.1, 0.15) is 0 Å². The average molecular weight is 340 g/mol. The Kier molecular flexibility index (Phi) is 7.53. The molecule has 5 nitrogen and oxygen atoms in total. The summed E-state index contributed by atoms with van der Waals surface area (Å²) in [6, 6.07) is 15.0. The van der Waals surface area contributed by atoms with E-state index in [4.69, 9.17) is 9.47 Å². The Morgan fingerprint density at radius 3 is 2.64 bits per heavy atom. The van der Waals surface area contributed by atoms with Crippen molar-refractivity contribution < 1.29 is 14.3 Å². The molecule has 5 heteroatoms. The first-order valence-electron chi connectivity index (χ1n) is 8.28. The third-order valence-corrected chi connectivity index (χ3v) is 3.34. The van der Waals surface area contributed by atoms with Crippen molar-refractivity contribution in [2.45, 2.75) is 13.5 Å². The highest BCUT2D eigenvalue weighted by Crippen LogP contribution is 2.28. The van der Waals surface area contributed by atoms with E-state index in [-0.39, 0.29) is 12.5 Å². The molecule has 0 atom stereocenters. The number of para-hydroxylation sites is 1. The summed E-state index contributed by atoms with van der Waals surface area (Å²) in [5, 5.41) is 6.02. The summed E-state index contributed by atoms with van der Waals surface area (Å²) in [5.74, 6) is 0.968. The van der Waals surface area contributed by atoms with Crippen LogP contribution in [-0.2, 0) is 11.3 Å². The third-order valence-electron chi connectivity index (χ3n) is 3.34. The third kappa shape index (κ3) is 6.31. The van der Waals surface area contributed by atoms with Crippen molar-refractivity contribution in [2.24, 2.45) is 0 Å². The molecule has 1 amide bonds. The van der Waals surface area contributed by atoms with Crippen LogP contribution in [0.3, 0.4) is 0 Å². The molecule has 25 heavy (non-hydrogen) atoms. The molecule has 0 aliphatic rings. The molecule has 0 aliphatic carbocycles. The summed E-state index contributed by atoms with van der Waals surface area (Å²) in [4.78, 5) is 12.0. The van der Waals surface area contributed by atoms with Gasteiger partial charge in [0.25, 0.3) is 5.91 Å². The maximum Gasteiger partial charge on any atom is 0.262 e. The molecule has 2 N–H and O–H groups in total. The van der Waals surface area contributed by atoms with Gasteiger partial charge in [0.2, 0.25) is 0 Å². The maximum absolute atomic E-state index is 12.0. The van der Waals surface area contributed by atoms with Gasteiger partial charge in [-0.2, -0.15) is 0 Å². The van der Waals surface area contributed by atoms with E-state index < -0.39 is 0 Å². The Labute approximate surface area is 148 Å². The van der Waals surface area contributed by atoms with Crippen LogP contribution in [0.1, 0.15) is 12.5 Å². The molecule has 0 heterocycles. The summed E-state index contributed by atoms with van der Waals surface area (Å²) in [6.45, 7) is 7.48. The van der Waals surface area contributed by atoms with Crippen LogP contribution in [0.4, 0.5) is 5.69 Å². The summed E-state index contributed by atoms with van der Waals surface area (Å²) in [6.07, 6.45) is 1.81. The van der Waals surface area contributed by atoms with Gasteiger partial charge in [0.05, 0.1) is 6.61 Å². The fraction of sp³-hybridized carbons (Fsp3) is 0.250. The van der Waals surface area contributed by atoms with E-state index >= 15 is 0 Å². The number of ether oxygens (including phenoxy) is 2. The topological polar surface area (TPSA) is 59.6 Å². The van der Waals surface area contributed by atoms with Crippen LogP contribution in [0.15, 0.2) is 61.2 Å². The van der Waals surface area contributed by atoms with Crippen molar-refractivity contribution in [3.63, 3.8) is 0 Å². The SMILES string of the molecule is C=CCNCc1ccc(OCC(=O)Nc2ccccc2)c(OCC)c1. The number of nitrogens with one attached hydrogen (secondary N) is 2. The molecule has 0 spiro atoms. The first-order chi connectivity index (χ1) is 12.2. The Balaban J connectivity index is 1.95. The number of amides is 1. The molecule has 132 valence electrons. The van der Waals surface area contributed by atoms with Crippen LogP contribution in [0.2, 0.25) is 0 Å². The van der Waals surface area contributed by atoms with Crippen molar-refractivity contribution in [3.05, 3.63) is 66.7 Å². The van der Waals surface area contributed by atoms with E-state index in [2.05, 4.69) is 17.2 Å². The number of anilines is 1. The van der Waals surface area contributed by atoms with Gasteiger partial charge >= 0.3 is 0 Å². The van der Waals surface area contributed by atoms with Crippen LogP contribution in [0.25, 0.3) is 0 Å². The quantitative estimate of drug-likeness (QED) is 0.514. The van der Waals surface area contributed by atoms with Crippen molar-refractivity contribution >= 4 is 11.6 Å². The van der Waals surface area contributed by atoms with Crippen LogP contribution in [0, 0.1) is 0 Å². The zero-order chi connectivity index (χ0) is 17.9. The van der Waals surface area contributed by atoms with Crippen LogP contribution in [-0.4, -0.2) is 25.7 Å². The zero-order valence-corrected chi connectivity index (χ0v) is 14.5. The van der Waals surface area contributed by atoms with E-state index in [1.165, 1.54) is 0 Å². The van der Waals surface area contributed by atoms with Gasteiger partial charge < -0.3 is 20.1 Å². The number of rotatable bonds is 10. The van der Waals surface area contributed by atoms with Crippen molar-refractivity contribution in [2.75, 3.05) is 25.1 Å². The zero-order valence-electron chi connectivity index (χ0n) is 14.5. The number of carbonyl (C=O) groups excluding carboxylic acids is 1. The van der Waals surface area contributed by atoms with E-state index in [1.54, 1.807) is 0 Å². The molecule has 2 aromatic rings. The van der Waals surface area contributed by atoms with Gasteiger partial charge in [0, 0.05) is 18.8 Å². The van der Waals surface area contributed by atoms with Gasteiger partial charge in [-0.25, -0.2) is 0 Å².